The number of halogens is 2. The van der Waals surface area contributed by atoms with Gasteiger partial charge in [-0.25, -0.2) is 0 Å². The summed E-state index contributed by atoms with van der Waals surface area (Å²) < 4.78 is 9.13. The Balaban J connectivity index is 0.000000217. The zero-order valence-electron chi connectivity index (χ0n) is 34.4. The number of aliphatic carboxylic acids is 1. The lowest BCUT2D eigenvalue weighted by atomic mass is 9.99. The van der Waals surface area contributed by atoms with Gasteiger partial charge in [-0.2, -0.15) is 0 Å². The average molecular weight is 1000 g/mol. The molecule has 0 spiro atoms. The van der Waals surface area contributed by atoms with E-state index in [-0.39, 0.29) is 26.9 Å². The van der Waals surface area contributed by atoms with Crippen LogP contribution in [0.3, 0.4) is 0 Å². The molecule has 2 aromatic carbocycles. The number of benzene rings is 2. The maximum absolute atomic E-state index is 12.5. The third kappa shape index (κ3) is 11.0. The number of hydrogen-bond acceptors (Lipinski definition) is 14. The SMILES string of the molecule is C.Cc1sc2c(c1C)C(c1ccc(Cl)cc1)=N[C@@H](CC(=O)O)c1nnc(C)n1-2.Cc1sc2c(c1C)C(c1ccc(Cl)cc1)=N[C@@H](CC(=O)OCC(C)O)c1nnc(C)n1-2.S=S=S=S. The molecule has 3 atom stereocenters. The van der Waals surface area contributed by atoms with Gasteiger partial charge in [-0.1, -0.05) is 54.9 Å². The number of carbonyl (C=O) groups excluding carboxylic acids is 1. The van der Waals surface area contributed by atoms with Gasteiger partial charge in [0, 0.05) is 82.2 Å². The molecule has 6 aromatic rings. The molecule has 1 unspecified atom stereocenters. The molecule has 0 saturated heterocycles. The molecular formula is C42H44Cl2N8O5S6. The lowest BCUT2D eigenvalue weighted by molar-refractivity contribution is -0.146. The molecule has 8 rings (SSSR count). The van der Waals surface area contributed by atoms with Crippen molar-refractivity contribution >= 4 is 109 Å². The van der Waals surface area contributed by atoms with Crippen LogP contribution < -0.4 is 0 Å². The molecule has 2 N–H and O–H groups in total. The van der Waals surface area contributed by atoms with Crippen molar-refractivity contribution in [3.05, 3.63) is 125 Å². The fourth-order valence-corrected chi connectivity index (χ4v) is 9.54. The number of thiophene rings is 2. The number of fused-ring (bicyclic) bond motifs is 6. The van der Waals surface area contributed by atoms with Gasteiger partial charge in [0.25, 0.3) is 0 Å². The monoisotopic (exact) mass is 1000 g/mol. The molecule has 332 valence electrons. The van der Waals surface area contributed by atoms with E-state index in [0.29, 0.717) is 21.7 Å². The van der Waals surface area contributed by atoms with Crippen LogP contribution in [0.15, 0.2) is 58.5 Å². The molecule has 63 heavy (non-hydrogen) atoms. The van der Waals surface area contributed by atoms with E-state index in [2.05, 4.69) is 70.5 Å². The van der Waals surface area contributed by atoms with Crippen molar-refractivity contribution in [2.45, 2.75) is 86.9 Å². The molecule has 0 radical (unpaired) electrons. The van der Waals surface area contributed by atoms with Gasteiger partial charge in [0.05, 0.1) is 30.4 Å². The summed E-state index contributed by atoms with van der Waals surface area (Å²) in [4.78, 5) is 36.2. The minimum atomic E-state index is -0.926. The Bertz CT molecular complexity index is 2790. The zero-order chi connectivity index (χ0) is 45.0. The largest absolute Gasteiger partial charge is 0.481 e. The number of hydrogen-bond donors (Lipinski definition) is 2. The fourth-order valence-electron chi connectivity index (χ4n) is 6.86. The van der Waals surface area contributed by atoms with E-state index in [0.717, 1.165) is 66.5 Å². The van der Waals surface area contributed by atoms with Crippen LogP contribution in [0.1, 0.15) is 106 Å². The lowest BCUT2D eigenvalue weighted by Gasteiger charge is -2.13. The van der Waals surface area contributed by atoms with E-state index in [4.69, 9.17) is 37.9 Å². The van der Waals surface area contributed by atoms with Gasteiger partial charge in [0.15, 0.2) is 11.6 Å². The summed E-state index contributed by atoms with van der Waals surface area (Å²) in [5, 5.41) is 39.1. The standard InChI is InChI=1S/C22H23ClN4O3S.C19H17ClN4O2S.CH4.S4/c1-11(28)10-30-18(29)9-17-21-26-25-14(4)27(21)22-19(12(2)13(3)31-22)20(24-17)15-5-7-16(23)8-6-15;1-9-10(2)27-19-16(9)17(12-4-6-13(20)7-5-12)21-14(8-15(25)26)18-23-22-11(3)24(18)19;;1-3-4-2/h5-8,11,17,28H,9-10H2,1-4H3;4-7,14H,8H2,1-3H3,(H,25,26);1H4;/t11?,17-;14-;;/m00../s1. The normalized spacial score (nSPS) is 15.0. The van der Waals surface area contributed by atoms with Crippen LogP contribution in [-0.2, 0) is 54.5 Å². The van der Waals surface area contributed by atoms with E-state index in [1.165, 1.54) is 27.5 Å². The highest BCUT2D eigenvalue weighted by atomic mass is 35.5. The van der Waals surface area contributed by atoms with Crippen molar-refractivity contribution in [1.82, 2.24) is 29.5 Å². The number of nitrogens with zero attached hydrogens (tertiary/aromatic N) is 8. The van der Waals surface area contributed by atoms with Crippen molar-refractivity contribution in [3.63, 3.8) is 0 Å². The number of rotatable bonds is 8. The van der Waals surface area contributed by atoms with Gasteiger partial charge in [0.2, 0.25) is 0 Å². The highest BCUT2D eigenvalue weighted by Crippen LogP contribution is 2.41. The fraction of sp³-hybridized carbons (Fsp3) is 0.333. The van der Waals surface area contributed by atoms with Crippen LogP contribution in [0.25, 0.3) is 10.0 Å². The number of aliphatic hydroxyl groups is 1. The summed E-state index contributed by atoms with van der Waals surface area (Å²) in [6.07, 6.45) is -0.883. The second kappa shape index (κ2) is 21.7. The smallest absolute Gasteiger partial charge is 0.308 e. The molecule has 0 saturated carbocycles. The summed E-state index contributed by atoms with van der Waals surface area (Å²) in [6, 6.07) is 13.8. The lowest BCUT2D eigenvalue weighted by Crippen LogP contribution is -2.18. The highest BCUT2D eigenvalue weighted by molar-refractivity contribution is 8.51. The summed E-state index contributed by atoms with van der Waals surface area (Å²) in [5.41, 5.74) is 7.61. The number of aryl methyl sites for hydroxylation is 4. The van der Waals surface area contributed by atoms with Crippen LogP contribution in [0.2, 0.25) is 10.0 Å². The van der Waals surface area contributed by atoms with Crippen LogP contribution in [0.4, 0.5) is 0 Å². The molecule has 2 aliphatic heterocycles. The molecule has 0 amide bonds. The Morgan fingerprint density at radius 2 is 1.13 bits per heavy atom. The van der Waals surface area contributed by atoms with Gasteiger partial charge < -0.3 is 14.9 Å². The first-order chi connectivity index (χ1) is 29.5. The molecule has 2 aliphatic rings. The van der Waals surface area contributed by atoms with E-state index >= 15 is 0 Å². The number of aromatic nitrogens is 6. The number of carboxylic acids is 1. The quantitative estimate of drug-likeness (QED) is 0.140. The van der Waals surface area contributed by atoms with Crippen molar-refractivity contribution in [1.29, 1.82) is 0 Å². The summed E-state index contributed by atoms with van der Waals surface area (Å²) >= 11 is 24.1. The maximum Gasteiger partial charge on any atom is 0.308 e. The van der Waals surface area contributed by atoms with Gasteiger partial charge in [0.1, 0.15) is 40.3 Å². The second-order valence-electron chi connectivity index (χ2n) is 14.3. The first-order valence-electron chi connectivity index (χ1n) is 18.9. The molecule has 0 bridgehead atoms. The molecule has 0 fully saturated rings. The number of carboxylic acid groups (broad SMARTS) is 1. The Hall–Kier alpha value is -4.18. The van der Waals surface area contributed by atoms with Crippen LogP contribution in [0, 0.1) is 41.5 Å². The Morgan fingerprint density at radius 1 is 0.730 bits per heavy atom. The van der Waals surface area contributed by atoms with Crippen LogP contribution >= 0.6 is 45.9 Å². The molecule has 13 nitrogen and oxygen atoms in total. The topological polar surface area (TPSA) is 170 Å². The maximum atomic E-state index is 12.5. The predicted molar refractivity (Wildman–Crippen MR) is 262 cm³/mol. The minimum Gasteiger partial charge on any atom is -0.481 e. The Morgan fingerprint density at radius 3 is 1.49 bits per heavy atom. The van der Waals surface area contributed by atoms with Crippen molar-refractivity contribution in [2.75, 3.05) is 6.61 Å². The van der Waals surface area contributed by atoms with Crippen molar-refractivity contribution in [2.24, 2.45) is 9.98 Å². The number of carbonyl (C=O) groups is 2. The van der Waals surface area contributed by atoms with E-state index in [1.807, 2.05) is 71.5 Å². The van der Waals surface area contributed by atoms with Gasteiger partial charge in [-0.15, -0.1) is 43.1 Å². The third-order valence-corrected chi connectivity index (χ3v) is 15.1. The van der Waals surface area contributed by atoms with E-state index < -0.39 is 30.1 Å². The summed E-state index contributed by atoms with van der Waals surface area (Å²) in [5.74, 6) is 1.22. The second-order valence-corrected chi connectivity index (χ2v) is 21.1. The van der Waals surface area contributed by atoms with E-state index in [9.17, 15) is 19.8 Å². The predicted octanol–water partition coefficient (Wildman–Crippen LogP) is 9.01. The number of esters is 1. The van der Waals surface area contributed by atoms with Gasteiger partial charge in [-0.3, -0.25) is 28.7 Å². The zero-order valence-corrected chi connectivity index (χ0v) is 40.8. The van der Waals surface area contributed by atoms with Crippen molar-refractivity contribution in [3.8, 4) is 10.0 Å². The summed E-state index contributed by atoms with van der Waals surface area (Å²) in [6.45, 7) is 13.6. The Kier molecular flexibility index (Phi) is 17.1. The van der Waals surface area contributed by atoms with Crippen LogP contribution in [-0.4, -0.2) is 75.8 Å². The number of aliphatic imine (C=N–C) groups is 2. The highest BCUT2D eigenvalue weighted by Gasteiger charge is 2.34. The van der Waals surface area contributed by atoms with Crippen LogP contribution in [0.5, 0.6) is 0 Å². The molecule has 4 aromatic heterocycles. The minimum absolute atomic E-state index is 0. The van der Waals surface area contributed by atoms with E-state index in [1.54, 1.807) is 29.6 Å². The van der Waals surface area contributed by atoms with Gasteiger partial charge >= 0.3 is 11.9 Å². The van der Waals surface area contributed by atoms with Gasteiger partial charge in [-0.05, 0) is 83.9 Å². The number of ether oxygens (including phenoxy) is 1. The first-order valence-corrected chi connectivity index (χ1v) is 25.3. The van der Waals surface area contributed by atoms with Crippen molar-refractivity contribution < 1.29 is 24.5 Å². The molecule has 0 aliphatic carbocycles. The third-order valence-electron chi connectivity index (χ3n) is 9.96. The molecule has 6 heterocycles. The molecule has 21 heteroatoms. The molecular weight excluding hydrogens is 960 g/mol. The summed E-state index contributed by atoms with van der Waals surface area (Å²) in [7, 11) is 2.34. The average Bonchev–Trinajstić information content (AvgIpc) is 3.93. The number of aliphatic hydroxyl groups excluding tert-OH is 1. The Labute approximate surface area is 399 Å². The first kappa shape index (κ1) is 49.8.